The van der Waals surface area contributed by atoms with E-state index < -0.39 is 0 Å². The lowest BCUT2D eigenvalue weighted by Crippen LogP contribution is -2.14. The maximum absolute atomic E-state index is 3.56. The highest BCUT2D eigenvalue weighted by atomic mass is 79.9. The van der Waals surface area contributed by atoms with Crippen molar-refractivity contribution in [1.29, 1.82) is 0 Å². The van der Waals surface area contributed by atoms with Gasteiger partial charge in [-0.2, -0.15) is 0 Å². The van der Waals surface area contributed by atoms with Crippen LogP contribution >= 0.6 is 15.9 Å². The van der Waals surface area contributed by atoms with Crippen LogP contribution < -0.4 is 0 Å². The number of fused-ring (bicyclic) bond motifs is 1. The Bertz CT molecular complexity index is 267. The van der Waals surface area contributed by atoms with Gasteiger partial charge < -0.3 is 0 Å². The van der Waals surface area contributed by atoms with Crippen LogP contribution in [0.5, 0.6) is 0 Å². The molecule has 0 amide bonds. The van der Waals surface area contributed by atoms with E-state index in [0.29, 0.717) is 0 Å². The molecule has 0 heterocycles. The summed E-state index contributed by atoms with van der Waals surface area (Å²) < 4.78 is 0. The molecule has 0 saturated carbocycles. The Morgan fingerprint density at radius 2 is 2.00 bits per heavy atom. The van der Waals surface area contributed by atoms with Gasteiger partial charge in [0.15, 0.2) is 0 Å². The van der Waals surface area contributed by atoms with Crippen LogP contribution in [0.25, 0.3) is 0 Å². The molecule has 12 heavy (non-hydrogen) atoms. The van der Waals surface area contributed by atoms with Crippen LogP contribution in [0.15, 0.2) is 24.3 Å². The molecule has 0 fully saturated rings. The highest BCUT2D eigenvalue weighted by Crippen LogP contribution is 2.26. The summed E-state index contributed by atoms with van der Waals surface area (Å²) in [6.07, 6.45) is 3.89. The maximum atomic E-state index is 3.56. The summed E-state index contributed by atoms with van der Waals surface area (Å²) in [7, 11) is 0. The van der Waals surface area contributed by atoms with E-state index in [2.05, 4.69) is 40.2 Å². The van der Waals surface area contributed by atoms with E-state index in [1.165, 1.54) is 19.3 Å². The van der Waals surface area contributed by atoms with E-state index in [4.69, 9.17) is 0 Å². The number of halogens is 1. The zero-order chi connectivity index (χ0) is 8.39. The molecule has 0 unspecified atom stereocenters. The van der Waals surface area contributed by atoms with Crippen LogP contribution in [0.1, 0.15) is 17.5 Å². The van der Waals surface area contributed by atoms with Crippen LogP contribution in [0.2, 0.25) is 0 Å². The molecule has 0 spiro atoms. The molecular weight excluding hydrogens is 212 g/mol. The van der Waals surface area contributed by atoms with Gasteiger partial charge >= 0.3 is 0 Å². The minimum absolute atomic E-state index is 0.861. The summed E-state index contributed by atoms with van der Waals surface area (Å²) in [6, 6.07) is 8.83. The van der Waals surface area contributed by atoms with Crippen molar-refractivity contribution in [2.24, 2.45) is 5.92 Å². The van der Waals surface area contributed by atoms with E-state index in [9.17, 15) is 0 Å². The molecular formula is C11H13Br. The standard InChI is InChI=1S/C11H13Br/c12-8-9-5-6-10-3-1-2-4-11(10)7-9/h1-4,9H,5-8H2/t9-/m1/s1. The fourth-order valence-corrected chi connectivity index (χ4v) is 2.46. The Morgan fingerprint density at radius 1 is 1.25 bits per heavy atom. The second-order valence-electron chi connectivity index (χ2n) is 3.53. The molecule has 0 N–H and O–H groups in total. The van der Waals surface area contributed by atoms with Crippen molar-refractivity contribution in [1.82, 2.24) is 0 Å². The van der Waals surface area contributed by atoms with Gasteiger partial charge in [-0.05, 0) is 36.3 Å². The van der Waals surface area contributed by atoms with Crippen LogP contribution in [0, 0.1) is 5.92 Å². The third-order valence-electron chi connectivity index (χ3n) is 2.67. The number of alkyl halides is 1. The predicted molar refractivity (Wildman–Crippen MR) is 55.8 cm³/mol. The van der Waals surface area contributed by atoms with Crippen molar-refractivity contribution < 1.29 is 0 Å². The number of hydrogen-bond acceptors (Lipinski definition) is 0. The first-order valence-electron chi connectivity index (χ1n) is 4.53. The van der Waals surface area contributed by atoms with Gasteiger partial charge in [0.05, 0.1) is 0 Å². The summed E-state index contributed by atoms with van der Waals surface area (Å²) >= 11 is 3.56. The van der Waals surface area contributed by atoms with E-state index >= 15 is 0 Å². The summed E-state index contributed by atoms with van der Waals surface area (Å²) in [6.45, 7) is 0. The summed E-state index contributed by atoms with van der Waals surface area (Å²) in [5.74, 6) is 0.861. The van der Waals surface area contributed by atoms with Crippen molar-refractivity contribution in [3.63, 3.8) is 0 Å². The molecule has 0 bridgehead atoms. The molecule has 1 aromatic carbocycles. The van der Waals surface area contributed by atoms with Crippen molar-refractivity contribution in [2.45, 2.75) is 19.3 Å². The smallest absolute Gasteiger partial charge is 0.00629 e. The highest BCUT2D eigenvalue weighted by Gasteiger charge is 2.16. The van der Waals surface area contributed by atoms with Gasteiger partial charge in [0, 0.05) is 5.33 Å². The third-order valence-corrected chi connectivity index (χ3v) is 3.58. The van der Waals surface area contributed by atoms with Gasteiger partial charge in [-0.1, -0.05) is 40.2 Å². The lowest BCUT2D eigenvalue weighted by Gasteiger charge is -2.22. The minimum atomic E-state index is 0.861. The highest BCUT2D eigenvalue weighted by molar-refractivity contribution is 9.09. The molecule has 64 valence electrons. The zero-order valence-electron chi connectivity index (χ0n) is 7.09. The topological polar surface area (TPSA) is 0 Å². The largest absolute Gasteiger partial charge is 0.0925 e. The Kier molecular flexibility index (Phi) is 2.50. The quantitative estimate of drug-likeness (QED) is 0.644. The second-order valence-corrected chi connectivity index (χ2v) is 4.18. The lowest BCUT2D eigenvalue weighted by molar-refractivity contribution is 0.512. The second kappa shape index (κ2) is 3.61. The van der Waals surface area contributed by atoms with Crippen molar-refractivity contribution >= 4 is 15.9 Å². The first-order valence-corrected chi connectivity index (χ1v) is 5.65. The molecule has 0 aromatic heterocycles. The molecule has 1 aliphatic rings. The molecule has 2 rings (SSSR count). The first-order chi connectivity index (χ1) is 5.90. The van der Waals surface area contributed by atoms with Gasteiger partial charge in [0.2, 0.25) is 0 Å². The fourth-order valence-electron chi connectivity index (χ4n) is 1.90. The third kappa shape index (κ3) is 1.56. The monoisotopic (exact) mass is 224 g/mol. The van der Waals surface area contributed by atoms with Crippen molar-refractivity contribution in [3.05, 3.63) is 35.4 Å². The molecule has 0 aliphatic heterocycles. The van der Waals surface area contributed by atoms with E-state index in [-0.39, 0.29) is 0 Å². The van der Waals surface area contributed by atoms with Crippen LogP contribution in [0.3, 0.4) is 0 Å². The molecule has 0 saturated heterocycles. The van der Waals surface area contributed by atoms with Gasteiger partial charge in [-0.15, -0.1) is 0 Å². The van der Waals surface area contributed by atoms with Crippen molar-refractivity contribution in [2.75, 3.05) is 5.33 Å². The fraction of sp³-hybridized carbons (Fsp3) is 0.455. The SMILES string of the molecule is BrC[C@@H]1CCc2ccccc2C1. The number of hydrogen-bond donors (Lipinski definition) is 0. The van der Waals surface area contributed by atoms with E-state index in [0.717, 1.165) is 11.2 Å². The Hall–Kier alpha value is -0.300. The molecule has 1 aliphatic carbocycles. The summed E-state index contributed by atoms with van der Waals surface area (Å²) in [4.78, 5) is 0. The lowest BCUT2D eigenvalue weighted by atomic mass is 9.85. The minimum Gasteiger partial charge on any atom is -0.0925 e. The van der Waals surface area contributed by atoms with E-state index in [1.807, 2.05) is 0 Å². The molecule has 1 aromatic rings. The Morgan fingerprint density at radius 3 is 2.75 bits per heavy atom. The summed E-state index contributed by atoms with van der Waals surface area (Å²) in [5, 5.41) is 1.15. The predicted octanol–water partition coefficient (Wildman–Crippen LogP) is 3.19. The van der Waals surface area contributed by atoms with Gasteiger partial charge in [-0.25, -0.2) is 0 Å². The molecule has 1 atom stereocenters. The van der Waals surface area contributed by atoms with Crippen molar-refractivity contribution in [3.8, 4) is 0 Å². The number of aryl methyl sites for hydroxylation is 1. The van der Waals surface area contributed by atoms with Crippen LogP contribution in [-0.4, -0.2) is 5.33 Å². The van der Waals surface area contributed by atoms with E-state index in [1.54, 1.807) is 11.1 Å². The Labute approximate surface area is 82.1 Å². The van der Waals surface area contributed by atoms with Crippen LogP contribution in [0.4, 0.5) is 0 Å². The summed E-state index contributed by atoms with van der Waals surface area (Å²) in [5.41, 5.74) is 3.13. The number of benzene rings is 1. The normalized spacial score (nSPS) is 21.9. The number of rotatable bonds is 1. The van der Waals surface area contributed by atoms with Gasteiger partial charge in [-0.3, -0.25) is 0 Å². The average Bonchev–Trinajstić information content (AvgIpc) is 2.17. The van der Waals surface area contributed by atoms with Crippen LogP contribution in [-0.2, 0) is 12.8 Å². The van der Waals surface area contributed by atoms with Gasteiger partial charge in [0.25, 0.3) is 0 Å². The Balaban J connectivity index is 2.23. The molecule has 1 heteroatoms. The molecule has 0 radical (unpaired) electrons. The van der Waals surface area contributed by atoms with Gasteiger partial charge in [0.1, 0.15) is 0 Å². The first kappa shape index (κ1) is 8.31. The molecule has 0 nitrogen and oxygen atoms in total. The zero-order valence-corrected chi connectivity index (χ0v) is 8.68. The average molecular weight is 225 g/mol. The maximum Gasteiger partial charge on any atom is 0.00629 e.